The summed E-state index contributed by atoms with van der Waals surface area (Å²) in [5, 5.41) is 7.50. The molecule has 3 fully saturated rings. The zero-order valence-electron chi connectivity index (χ0n) is 17.3. The Morgan fingerprint density at radius 2 is 1.56 bits per heavy atom. The second kappa shape index (κ2) is 7.88. The van der Waals surface area contributed by atoms with Crippen LogP contribution < -0.4 is 0 Å². The molecule has 2 bridgehead atoms. The first-order valence-corrected chi connectivity index (χ1v) is 10.4. The zero-order chi connectivity index (χ0) is 18.8. The predicted octanol–water partition coefficient (Wildman–Crippen LogP) is 6.61. The fourth-order valence-electron chi connectivity index (χ4n) is 6.67. The average Bonchev–Trinajstić information content (AvgIpc) is 2.52. The summed E-state index contributed by atoms with van der Waals surface area (Å²) in [6.45, 7) is 12.9. The van der Waals surface area contributed by atoms with Gasteiger partial charge < -0.3 is 9.84 Å². The molecule has 0 aromatic heterocycles. The van der Waals surface area contributed by atoms with Crippen LogP contribution in [0, 0.1) is 40.4 Å². The van der Waals surface area contributed by atoms with Crippen LogP contribution in [-0.4, -0.2) is 18.4 Å². The molecule has 0 amide bonds. The van der Waals surface area contributed by atoms with E-state index in [2.05, 4.69) is 39.4 Å². The van der Waals surface area contributed by atoms with Gasteiger partial charge in [0.2, 0.25) is 0 Å². The molecule has 0 aromatic rings. The van der Waals surface area contributed by atoms with Gasteiger partial charge in [-0.2, -0.15) is 0 Å². The number of methoxy groups -OCH3 is 1. The van der Waals surface area contributed by atoms with Crippen molar-refractivity contribution in [2.24, 2.45) is 40.4 Å². The number of fused-ring (bicyclic) bond motifs is 3. The van der Waals surface area contributed by atoms with Crippen molar-refractivity contribution in [3.05, 3.63) is 0 Å². The second-order valence-corrected chi connectivity index (χ2v) is 10.1. The van der Waals surface area contributed by atoms with Crippen molar-refractivity contribution >= 4 is 6.16 Å². The molecule has 25 heavy (non-hydrogen) atoms. The minimum absolute atomic E-state index is 0.593. The van der Waals surface area contributed by atoms with Crippen LogP contribution in [0.3, 0.4) is 0 Å². The molecule has 0 aromatic carbocycles. The van der Waals surface area contributed by atoms with Crippen molar-refractivity contribution in [1.29, 1.82) is 0 Å². The van der Waals surface area contributed by atoms with E-state index in [9.17, 15) is 0 Å². The molecule has 3 nitrogen and oxygen atoms in total. The van der Waals surface area contributed by atoms with Gasteiger partial charge in [-0.1, -0.05) is 53.9 Å². The third-order valence-electron chi connectivity index (χ3n) is 8.39. The maximum atomic E-state index is 9.15. The SMILES string of the molecule is COC(=O)O.C[C@@H]1CCC[C@@]2(C)CC[C@H]3[C@H](C)CC[C@@H](C[C@H]12)C3(C)C. The lowest BCUT2D eigenvalue weighted by atomic mass is 9.48. The van der Waals surface area contributed by atoms with Gasteiger partial charge in [-0.05, 0) is 72.5 Å². The molecule has 0 radical (unpaired) electrons. The molecule has 0 aliphatic heterocycles. The van der Waals surface area contributed by atoms with Crippen molar-refractivity contribution in [2.75, 3.05) is 7.11 Å². The van der Waals surface area contributed by atoms with Gasteiger partial charge in [-0.15, -0.1) is 0 Å². The zero-order valence-corrected chi connectivity index (χ0v) is 17.3. The molecule has 3 heteroatoms. The Morgan fingerprint density at radius 1 is 0.960 bits per heavy atom. The molecule has 0 saturated heterocycles. The highest BCUT2D eigenvalue weighted by molar-refractivity contribution is 5.56. The Balaban J connectivity index is 0.000000399. The largest absolute Gasteiger partial charge is 0.505 e. The van der Waals surface area contributed by atoms with Gasteiger partial charge in [0.15, 0.2) is 0 Å². The summed E-state index contributed by atoms with van der Waals surface area (Å²) in [5.41, 5.74) is 1.26. The molecule has 0 heterocycles. The molecule has 0 unspecified atom stereocenters. The van der Waals surface area contributed by atoms with Gasteiger partial charge in [-0.25, -0.2) is 4.79 Å². The van der Waals surface area contributed by atoms with E-state index in [-0.39, 0.29) is 0 Å². The maximum absolute atomic E-state index is 9.15. The van der Waals surface area contributed by atoms with Gasteiger partial charge in [0.05, 0.1) is 7.11 Å². The van der Waals surface area contributed by atoms with Crippen LogP contribution in [0.5, 0.6) is 0 Å². The summed E-state index contributed by atoms with van der Waals surface area (Å²) in [6.07, 6.45) is 10.8. The van der Waals surface area contributed by atoms with Gasteiger partial charge in [0.1, 0.15) is 0 Å². The highest BCUT2D eigenvalue weighted by Crippen LogP contribution is 2.60. The lowest BCUT2D eigenvalue weighted by molar-refractivity contribution is -0.0692. The number of hydrogen-bond donors (Lipinski definition) is 1. The molecule has 6 atom stereocenters. The van der Waals surface area contributed by atoms with Crippen LogP contribution in [0.15, 0.2) is 0 Å². The standard InChI is InChI=1S/C20H36.C2H4O3/c1-14-7-6-11-20(5)12-10-17-15(2)8-9-16(13-18(14)20)19(17,3)4;1-5-2(3)4/h14-18H,6-13H2,1-5H3;1H3,(H,3,4)/t14-,15-,16+,17+,18-,20+;/m1./s1. The number of carboxylic acid groups (broad SMARTS) is 1. The van der Waals surface area contributed by atoms with Crippen LogP contribution in [0.1, 0.15) is 86.0 Å². The van der Waals surface area contributed by atoms with Crippen LogP contribution in [0.2, 0.25) is 0 Å². The third kappa shape index (κ3) is 4.34. The van der Waals surface area contributed by atoms with E-state index in [4.69, 9.17) is 9.90 Å². The lowest BCUT2D eigenvalue weighted by Crippen LogP contribution is -2.48. The van der Waals surface area contributed by atoms with Crippen molar-refractivity contribution in [3.63, 3.8) is 0 Å². The molecule has 0 spiro atoms. The van der Waals surface area contributed by atoms with Crippen LogP contribution in [0.4, 0.5) is 4.79 Å². The highest BCUT2D eigenvalue weighted by Gasteiger charge is 2.50. The summed E-state index contributed by atoms with van der Waals surface area (Å²) in [6, 6.07) is 0. The summed E-state index contributed by atoms with van der Waals surface area (Å²) >= 11 is 0. The average molecular weight is 353 g/mol. The van der Waals surface area contributed by atoms with E-state index in [1.54, 1.807) is 0 Å². The summed E-state index contributed by atoms with van der Waals surface area (Å²) in [4.78, 5) is 9.15. The Morgan fingerprint density at radius 3 is 2.16 bits per heavy atom. The van der Waals surface area contributed by atoms with Gasteiger partial charge in [0, 0.05) is 0 Å². The quantitative estimate of drug-likeness (QED) is 0.499. The lowest BCUT2D eigenvalue weighted by Gasteiger charge is -2.57. The predicted molar refractivity (Wildman–Crippen MR) is 103 cm³/mol. The number of hydrogen-bond acceptors (Lipinski definition) is 2. The Kier molecular flexibility index (Phi) is 6.49. The van der Waals surface area contributed by atoms with E-state index in [1.165, 1.54) is 51.4 Å². The minimum atomic E-state index is -1.25. The number of carbonyl (C=O) groups is 1. The molecule has 1 N–H and O–H groups in total. The van der Waals surface area contributed by atoms with E-state index in [0.29, 0.717) is 10.8 Å². The normalized spacial score (nSPS) is 42.7. The molecule has 3 saturated carbocycles. The van der Waals surface area contributed by atoms with Crippen LogP contribution in [0.25, 0.3) is 0 Å². The molecular weight excluding hydrogens is 312 g/mol. The summed E-state index contributed by atoms with van der Waals surface area (Å²) < 4.78 is 3.67. The first kappa shape index (κ1) is 20.6. The Hall–Kier alpha value is -0.730. The molecule has 146 valence electrons. The first-order chi connectivity index (χ1) is 11.6. The smallest absolute Gasteiger partial charge is 0.450 e. The Labute approximate surface area is 154 Å². The molecule has 3 aliphatic rings. The maximum Gasteiger partial charge on any atom is 0.505 e. The van der Waals surface area contributed by atoms with E-state index < -0.39 is 6.16 Å². The third-order valence-corrected chi connectivity index (χ3v) is 8.39. The van der Waals surface area contributed by atoms with Crippen molar-refractivity contribution in [3.8, 4) is 0 Å². The Bertz CT molecular complexity index is 458. The molecule has 3 aliphatic carbocycles. The number of ether oxygens (including phenoxy) is 1. The van der Waals surface area contributed by atoms with Crippen LogP contribution >= 0.6 is 0 Å². The molecular formula is C22H40O3. The van der Waals surface area contributed by atoms with Crippen molar-refractivity contribution < 1.29 is 14.6 Å². The fraction of sp³-hybridized carbons (Fsp3) is 0.955. The van der Waals surface area contributed by atoms with Crippen LogP contribution in [-0.2, 0) is 4.74 Å². The first-order valence-electron chi connectivity index (χ1n) is 10.4. The van der Waals surface area contributed by atoms with E-state index in [1.807, 2.05) is 0 Å². The fourth-order valence-corrected chi connectivity index (χ4v) is 6.67. The highest BCUT2D eigenvalue weighted by atomic mass is 16.6. The van der Waals surface area contributed by atoms with E-state index in [0.717, 1.165) is 36.7 Å². The molecule has 3 rings (SSSR count). The van der Waals surface area contributed by atoms with Gasteiger partial charge in [-0.3, -0.25) is 0 Å². The second-order valence-electron chi connectivity index (χ2n) is 10.1. The van der Waals surface area contributed by atoms with Gasteiger partial charge >= 0.3 is 6.16 Å². The summed E-state index contributed by atoms with van der Waals surface area (Å²) in [5.74, 6) is 4.92. The monoisotopic (exact) mass is 352 g/mol. The number of rotatable bonds is 0. The summed E-state index contributed by atoms with van der Waals surface area (Å²) in [7, 11) is 1.10. The van der Waals surface area contributed by atoms with Crippen molar-refractivity contribution in [2.45, 2.75) is 86.0 Å². The van der Waals surface area contributed by atoms with Gasteiger partial charge in [0.25, 0.3) is 0 Å². The van der Waals surface area contributed by atoms with E-state index >= 15 is 0 Å². The minimum Gasteiger partial charge on any atom is -0.450 e. The van der Waals surface area contributed by atoms with Crippen molar-refractivity contribution in [1.82, 2.24) is 0 Å². The topological polar surface area (TPSA) is 46.5 Å².